The lowest BCUT2D eigenvalue weighted by atomic mass is 10.0. The monoisotopic (exact) mass is 231 g/mol. The molecule has 2 heterocycles. The normalized spacial score (nSPS) is 13.4. The third kappa shape index (κ3) is 1.28. The van der Waals surface area contributed by atoms with E-state index in [0.717, 1.165) is 17.0 Å². The first kappa shape index (κ1) is 9.59. The average Bonchev–Trinajstić information content (AvgIpc) is 2.73. The van der Waals surface area contributed by atoms with Crippen LogP contribution < -0.4 is 0 Å². The van der Waals surface area contributed by atoms with Gasteiger partial charge < -0.3 is 0 Å². The zero-order chi connectivity index (χ0) is 11.1. The van der Waals surface area contributed by atoms with E-state index >= 15 is 0 Å². The first-order chi connectivity index (χ1) is 7.79. The summed E-state index contributed by atoms with van der Waals surface area (Å²) >= 11 is 1.45. The van der Waals surface area contributed by atoms with E-state index in [1.54, 1.807) is 0 Å². The van der Waals surface area contributed by atoms with E-state index in [0.29, 0.717) is 11.6 Å². The fourth-order valence-electron chi connectivity index (χ4n) is 1.85. The summed E-state index contributed by atoms with van der Waals surface area (Å²) < 4.78 is 1.41. The Hall–Kier alpha value is -1.62. The summed E-state index contributed by atoms with van der Waals surface area (Å²) in [5.74, 6) is 0.651. The minimum absolute atomic E-state index is 0.0790. The molecule has 0 fully saturated rings. The Balaban J connectivity index is 2.16. The maximum absolute atomic E-state index is 12.1. The third-order valence-electron chi connectivity index (χ3n) is 2.63. The van der Waals surface area contributed by atoms with Crippen LogP contribution >= 0.6 is 11.8 Å². The van der Waals surface area contributed by atoms with E-state index in [-0.39, 0.29) is 5.91 Å². The van der Waals surface area contributed by atoms with Crippen LogP contribution in [0.2, 0.25) is 0 Å². The van der Waals surface area contributed by atoms with Gasteiger partial charge in [-0.2, -0.15) is 4.68 Å². The first-order valence-corrected chi connectivity index (χ1v) is 6.14. The van der Waals surface area contributed by atoms with Gasteiger partial charge in [-0.1, -0.05) is 30.0 Å². The van der Waals surface area contributed by atoms with Crippen molar-refractivity contribution in [1.82, 2.24) is 14.8 Å². The molecule has 0 atom stereocenters. The standard InChI is InChI=1S/C11H9N3OS/c1-16-11-12-9-6-7-4-2-3-5-8(7)10(15)14(9)13-11/h2-5H,6H2,1H3. The van der Waals surface area contributed by atoms with Crippen LogP contribution in [0.4, 0.5) is 0 Å². The molecule has 1 aliphatic heterocycles. The number of fused-ring (bicyclic) bond motifs is 2. The summed E-state index contributed by atoms with van der Waals surface area (Å²) in [6.07, 6.45) is 2.58. The Morgan fingerprint density at radius 1 is 1.38 bits per heavy atom. The highest BCUT2D eigenvalue weighted by Gasteiger charge is 2.25. The van der Waals surface area contributed by atoms with Gasteiger partial charge in [-0.05, 0) is 17.9 Å². The highest BCUT2D eigenvalue weighted by molar-refractivity contribution is 7.98. The minimum Gasteiger partial charge on any atom is -0.267 e. The molecule has 0 saturated heterocycles. The van der Waals surface area contributed by atoms with Crippen molar-refractivity contribution in [3.63, 3.8) is 0 Å². The van der Waals surface area contributed by atoms with E-state index in [2.05, 4.69) is 10.1 Å². The maximum Gasteiger partial charge on any atom is 0.280 e. The smallest absolute Gasteiger partial charge is 0.267 e. The predicted molar refractivity (Wildman–Crippen MR) is 60.8 cm³/mol. The molecular weight excluding hydrogens is 222 g/mol. The minimum atomic E-state index is -0.0790. The Morgan fingerprint density at radius 3 is 3.00 bits per heavy atom. The Kier molecular flexibility index (Phi) is 2.07. The maximum atomic E-state index is 12.1. The van der Waals surface area contributed by atoms with Gasteiger partial charge in [0.2, 0.25) is 5.16 Å². The molecule has 0 N–H and O–H groups in total. The second kappa shape index (κ2) is 3.45. The van der Waals surface area contributed by atoms with Crippen LogP contribution in [-0.4, -0.2) is 26.9 Å². The summed E-state index contributed by atoms with van der Waals surface area (Å²) in [5.41, 5.74) is 1.76. The van der Waals surface area contributed by atoms with E-state index in [9.17, 15) is 4.79 Å². The van der Waals surface area contributed by atoms with Crippen LogP contribution in [0.1, 0.15) is 21.7 Å². The summed E-state index contributed by atoms with van der Waals surface area (Å²) in [4.78, 5) is 16.4. The molecule has 2 aromatic rings. The van der Waals surface area contributed by atoms with Crippen LogP contribution in [0.25, 0.3) is 0 Å². The van der Waals surface area contributed by atoms with Crippen molar-refractivity contribution in [1.29, 1.82) is 0 Å². The van der Waals surface area contributed by atoms with Crippen LogP contribution in [0.3, 0.4) is 0 Å². The molecule has 16 heavy (non-hydrogen) atoms. The molecule has 0 saturated carbocycles. The van der Waals surface area contributed by atoms with Crippen LogP contribution in [-0.2, 0) is 6.42 Å². The molecule has 80 valence electrons. The van der Waals surface area contributed by atoms with Gasteiger partial charge in [-0.3, -0.25) is 4.79 Å². The molecular formula is C11H9N3OS. The number of rotatable bonds is 1. The Labute approximate surface area is 96.7 Å². The van der Waals surface area contributed by atoms with Gasteiger partial charge in [-0.25, -0.2) is 4.98 Å². The number of carbonyl (C=O) groups is 1. The molecule has 0 aliphatic carbocycles. The average molecular weight is 231 g/mol. The number of carbonyl (C=O) groups excluding carboxylic acids is 1. The second-order valence-corrected chi connectivity index (χ2v) is 4.34. The van der Waals surface area contributed by atoms with Gasteiger partial charge in [0.05, 0.1) is 0 Å². The van der Waals surface area contributed by atoms with E-state index in [1.165, 1.54) is 16.4 Å². The third-order valence-corrected chi connectivity index (χ3v) is 3.16. The molecule has 0 bridgehead atoms. The van der Waals surface area contributed by atoms with Crippen LogP contribution in [0.5, 0.6) is 0 Å². The molecule has 0 radical (unpaired) electrons. The topological polar surface area (TPSA) is 47.8 Å². The molecule has 0 spiro atoms. The number of nitrogens with zero attached hydrogens (tertiary/aromatic N) is 3. The molecule has 0 unspecified atom stereocenters. The van der Waals surface area contributed by atoms with Gasteiger partial charge in [0.25, 0.3) is 5.91 Å². The molecule has 0 amide bonds. The number of hydrogen-bond donors (Lipinski definition) is 0. The van der Waals surface area contributed by atoms with Crippen LogP contribution in [0, 0.1) is 0 Å². The van der Waals surface area contributed by atoms with E-state index in [4.69, 9.17) is 0 Å². The lowest BCUT2D eigenvalue weighted by molar-refractivity contribution is 0.0934. The molecule has 3 rings (SSSR count). The molecule has 1 aliphatic rings. The molecule has 1 aromatic heterocycles. The van der Waals surface area contributed by atoms with Crippen molar-refractivity contribution >= 4 is 17.7 Å². The van der Waals surface area contributed by atoms with Crippen molar-refractivity contribution in [3.05, 3.63) is 41.2 Å². The number of hydrogen-bond acceptors (Lipinski definition) is 4. The summed E-state index contributed by atoms with van der Waals surface area (Å²) in [7, 11) is 0. The zero-order valence-corrected chi connectivity index (χ0v) is 9.49. The van der Waals surface area contributed by atoms with Crippen molar-refractivity contribution in [2.45, 2.75) is 11.6 Å². The lowest BCUT2D eigenvalue weighted by Gasteiger charge is -2.14. The summed E-state index contributed by atoms with van der Waals surface area (Å²) in [6.45, 7) is 0. The molecule has 1 aromatic carbocycles. The SMILES string of the molecule is CSc1nc2n(n1)C(=O)c1ccccc1C2. The highest BCUT2D eigenvalue weighted by atomic mass is 32.2. The fourth-order valence-corrected chi connectivity index (χ4v) is 2.21. The number of aromatic nitrogens is 3. The number of thioether (sulfide) groups is 1. The van der Waals surface area contributed by atoms with Crippen molar-refractivity contribution in [2.24, 2.45) is 0 Å². The summed E-state index contributed by atoms with van der Waals surface area (Å²) in [5, 5.41) is 4.82. The largest absolute Gasteiger partial charge is 0.280 e. The molecule has 4 nitrogen and oxygen atoms in total. The van der Waals surface area contributed by atoms with Gasteiger partial charge >= 0.3 is 0 Å². The van der Waals surface area contributed by atoms with E-state index < -0.39 is 0 Å². The zero-order valence-electron chi connectivity index (χ0n) is 8.67. The Morgan fingerprint density at radius 2 is 2.19 bits per heavy atom. The van der Waals surface area contributed by atoms with Crippen molar-refractivity contribution in [2.75, 3.05) is 6.26 Å². The van der Waals surface area contributed by atoms with Gasteiger partial charge in [0.1, 0.15) is 5.82 Å². The predicted octanol–water partition coefficient (Wildman–Crippen LogP) is 1.59. The lowest BCUT2D eigenvalue weighted by Crippen LogP contribution is -2.23. The second-order valence-electron chi connectivity index (χ2n) is 3.57. The van der Waals surface area contributed by atoms with Gasteiger partial charge in [-0.15, -0.1) is 5.10 Å². The van der Waals surface area contributed by atoms with Gasteiger partial charge in [0, 0.05) is 12.0 Å². The first-order valence-electron chi connectivity index (χ1n) is 4.92. The van der Waals surface area contributed by atoms with Crippen LogP contribution in [0.15, 0.2) is 29.4 Å². The highest BCUT2D eigenvalue weighted by Crippen LogP contribution is 2.22. The Bertz CT molecular complexity index is 576. The van der Waals surface area contributed by atoms with Crippen molar-refractivity contribution < 1.29 is 4.79 Å². The number of benzene rings is 1. The van der Waals surface area contributed by atoms with Crippen molar-refractivity contribution in [3.8, 4) is 0 Å². The summed E-state index contributed by atoms with van der Waals surface area (Å²) in [6, 6.07) is 7.60. The molecule has 5 heteroatoms. The quantitative estimate of drug-likeness (QED) is 0.597. The van der Waals surface area contributed by atoms with E-state index in [1.807, 2.05) is 30.5 Å². The van der Waals surface area contributed by atoms with Gasteiger partial charge in [0.15, 0.2) is 0 Å². The fraction of sp³-hybridized carbons (Fsp3) is 0.182.